The molecular formula is C30H35Cl2N3O5S. The van der Waals surface area contributed by atoms with Crippen molar-refractivity contribution in [1.82, 2.24) is 10.2 Å². The van der Waals surface area contributed by atoms with Gasteiger partial charge in [0.05, 0.1) is 17.2 Å². The number of benzene rings is 3. The lowest BCUT2D eigenvalue weighted by Crippen LogP contribution is -2.53. The molecule has 11 heteroatoms. The number of nitrogens with zero attached hydrogens (tertiary/aromatic N) is 2. The zero-order valence-corrected chi connectivity index (χ0v) is 25.8. The van der Waals surface area contributed by atoms with Crippen LogP contribution in [0.4, 0.5) is 5.69 Å². The summed E-state index contributed by atoms with van der Waals surface area (Å²) in [5.74, 6) is -0.633. The van der Waals surface area contributed by atoms with Crippen molar-refractivity contribution in [3.05, 3.63) is 88.4 Å². The summed E-state index contributed by atoms with van der Waals surface area (Å²) >= 11 is 12.5. The molecule has 41 heavy (non-hydrogen) atoms. The predicted molar refractivity (Wildman–Crippen MR) is 163 cm³/mol. The molecule has 0 radical (unpaired) electrons. The van der Waals surface area contributed by atoms with Gasteiger partial charge in [0, 0.05) is 22.6 Å². The van der Waals surface area contributed by atoms with Gasteiger partial charge in [-0.1, -0.05) is 60.5 Å². The summed E-state index contributed by atoms with van der Waals surface area (Å²) < 4.78 is 34.8. The van der Waals surface area contributed by atoms with E-state index < -0.39 is 28.5 Å². The van der Waals surface area contributed by atoms with Gasteiger partial charge in [0.1, 0.15) is 18.3 Å². The van der Waals surface area contributed by atoms with Crippen LogP contribution in [-0.2, 0) is 26.2 Å². The molecule has 0 aliphatic rings. The molecule has 3 rings (SSSR count). The molecule has 0 saturated carbocycles. The summed E-state index contributed by atoms with van der Waals surface area (Å²) in [5.41, 5.74) is 0.815. The number of nitrogens with one attached hydrogen (secondary N) is 1. The smallest absolute Gasteiger partial charge is 0.264 e. The van der Waals surface area contributed by atoms with E-state index in [4.69, 9.17) is 27.9 Å². The fourth-order valence-electron chi connectivity index (χ4n) is 4.30. The van der Waals surface area contributed by atoms with Crippen molar-refractivity contribution in [2.45, 2.75) is 57.6 Å². The van der Waals surface area contributed by atoms with Gasteiger partial charge in [-0.2, -0.15) is 0 Å². The van der Waals surface area contributed by atoms with Gasteiger partial charge < -0.3 is 15.0 Å². The lowest BCUT2D eigenvalue weighted by atomic mass is 10.1. The Labute approximate surface area is 252 Å². The van der Waals surface area contributed by atoms with E-state index in [-0.39, 0.29) is 35.7 Å². The second-order valence-corrected chi connectivity index (χ2v) is 12.3. The summed E-state index contributed by atoms with van der Waals surface area (Å²) in [6.45, 7) is 6.93. The number of rotatable bonds is 13. The third-order valence-corrected chi connectivity index (χ3v) is 8.62. The Bertz CT molecular complexity index is 1450. The number of carbonyl (C=O) groups excluding carboxylic acids is 2. The Balaban J connectivity index is 2.13. The lowest BCUT2D eigenvalue weighted by molar-refractivity contribution is -0.140. The highest BCUT2D eigenvalue weighted by atomic mass is 35.5. The number of anilines is 1. The number of amides is 2. The predicted octanol–water partition coefficient (Wildman–Crippen LogP) is 5.92. The average Bonchev–Trinajstić information content (AvgIpc) is 2.93. The van der Waals surface area contributed by atoms with E-state index in [2.05, 4.69) is 5.32 Å². The van der Waals surface area contributed by atoms with Crippen LogP contribution in [0.25, 0.3) is 0 Å². The average molecular weight is 621 g/mol. The second kappa shape index (κ2) is 14.6. The van der Waals surface area contributed by atoms with Gasteiger partial charge in [-0.3, -0.25) is 13.9 Å². The van der Waals surface area contributed by atoms with Crippen LogP contribution in [0.5, 0.6) is 5.75 Å². The molecule has 0 heterocycles. The minimum atomic E-state index is -4.27. The molecule has 0 bridgehead atoms. The van der Waals surface area contributed by atoms with Crippen molar-refractivity contribution < 1.29 is 22.7 Å². The first-order chi connectivity index (χ1) is 19.5. The fourth-order valence-corrected chi connectivity index (χ4v) is 6.04. The van der Waals surface area contributed by atoms with Crippen molar-refractivity contribution in [3.8, 4) is 5.75 Å². The Morgan fingerprint density at radius 2 is 1.56 bits per heavy atom. The van der Waals surface area contributed by atoms with Crippen LogP contribution in [0.15, 0.2) is 77.7 Å². The summed E-state index contributed by atoms with van der Waals surface area (Å²) in [6, 6.07) is 18.3. The van der Waals surface area contributed by atoms with Crippen molar-refractivity contribution in [2.24, 2.45) is 0 Å². The summed E-state index contributed by atoms with van der Waals surface area (Å²) in [6.07, 6.45) is 0.300. The Morgan fingerprint density at radius 1 is 0.927 bits per heavy atom. The van der Waals surface area contributed by atoms with E-state index in [1.54, 1.807) is 62.4 Å². The molecule has 0 aliphatic carbocycles. The SMILES string of the molecule is CCOc1ccccc1N(CC(=O)N(Cc1ccccc1Cl)[C@@H](CC)C(=O)NC(C)C)S(=O)(=O)c1ccc(Cl)cc1. The molecule has 0 aliphatic heterocycles. The van der Waals surface area contributed by atoms with Crippen LogP contribution >= 0.6 is 23.2 Å². The summed E-state index contributed by atoms with van der Waals surface area (Å²) in [5, 5.41) is 3.67. The second-order valence-electron chi connectivity index (χ2n) is 9.57. The fraction of sp³-hybridized carbons (Fsp3) is 0.333. The first kappa shape index (κ1) is 32.2. The molecule has 1 N–H and O–H groups in total. The van der Waals surface area contributed by atoms with Crippen LogP contribution in [0, 0.1) is 0 Å². The highest BCUT2D eigenvalue weighted by molar-refractivity contribution is 7.92. The maximum absolute atomic E-state index is 14.2. The van der Waals surface area contributed by atoms with Crippen molar-refractivity contribution >= 4 is 50.7 Å². The van der Waals surface area contributed by atoms with Crippen LogP contribution in [-0.4, -0.2) is 50.4 Å². The van der Waals surface area contributed by atoms with Crippen LogP contribution < -0.4 is 14.4 Å². The highest BCUT2D eigenvalue weighted by Gasteiger charge is 2.35. The van der Waals surface area contributed by atoms with E-state index in [1.165, 1.54) is 29.2 Å². The van der Waals surface area contributed by atoms with Crippen LogP contribution in [0.3, 0.4) is 0 Å². The summed E-state index contributed by atoms with van der Waals surface area (Å²) in [4.78, 5) is 28.7. The lowest BCUT2D eigenvalue weighted by Gasteiger charge is -2.34. The third kappa shape index (κ3) is 8.15. The minimum Gasteiger partial charge on any atom is -0.492 e. The molecule has 220 valence electrons. The first-order valence-electron chi connectivity index (χ1n) is 13.3. The molecule has 0 saturated heterocycles. The first-order valence-corrected chi connectivity index (χ1v) is 15.5. The Morgan fingerprint density at radius 3 is 2.17 bits per heavy atom. The number of halogens is 2. The van der Waals surface area contributed by atoms with Gasteiger partial charge in [-0.15, -0.1) is 0 Å². The van der Waals surface area contributed by atoms with E-state index in [1.807, 2.05) is 13.8 Å². The third-order valence-electron chi connectivity index (χ3n) is 6.23. The van der Waals surface area contributed by atoms with E-state index in [9.17, 15) is 18.0 Å². The Hall–Kier alpha value is -3.27. The molecule has 1 atom stereocenters. The zero-order chi connectivity index (χ0) is 30.2. The molecule has 3 aromatic rings. The monoisotopic (exact) mass is 619 g/mol. The number of hydrogen-bond acceptors (Lipinski definition) is 5. The number of ether oxygens (including phenoxy) is 1. The normalized spacial score (nSPS) is 12.1. The largest absolute Gasteiger partial charge is 0.492 e. The minimum absolute atomic E-state index is 0.00443. The molecule has 2 amide bonds. The molecule has 0 fully saturated rings. The molecule has 0 aromatic heterocycles. The van der Waals surface area contributed by atoms with Gasteiger partial charge >= 0.3 is 0 Å². The van der Waals surface area contributed by atoms with Gasteiger partial charge in [0.25, 0.3) is 10.0 Å². The van der Waals surface area contributed by atoms with E-state index >= 15 is 0 Å². The van der Waals surface area contributed by atoms with Crippen LogP contribution in [0.1, 0.15) is 39.7 Å². The van der Waals surface area contributed by atoms with Crippen LogP contribution in [0.2, 0.25) is 10.0 Å². The maximum atomic E-state index is 14.2. The number of sulfonamides is 1. The molecule has 3 aromatic carbocycles. The zero-order valence-electron chi connectivity index (χ0n) is 23.5. The van der Waals surface area contributed by atoms with Gasteiger partial charge in [0.2, 0.25) is 11.8 Å². The van der Waals surface area contributed by atoms with Gasteiger partial charge in [-0.25, -0.2) is 8.42 Å². The van der Waals surface area contributed by atoms with Crippen molar-refractivity contribution in [2.75, 3.05) is 17.5 Å². The number of hydrogen-bond donors (Lipinski definition) is 1. The van der Waals surface area contributed by atoms with Gasteiger partial charge in [0.15, 0.2) is 0 Å². The van der Waals surface area contributed by atoms with Crippen molar-refractivity contribution in [3.63, 3.8) is 0 Å². The van der Waals surface area contributed by atoms with Gasteiger partial charge in [-0.05, 0) is 75.2 Å². The molecule has 0 unspecified atom stereocenters. The number of carbonyl (C=O) groups is 2. The summed E-state index contributed by atoms with van der Waals surface area (Å²) in [7, 11) is -4.27. The topological polar surface area (TPSA) is 96.0 Å². The number of para-hydroxylation sites is 2. The quantitative estimate of drug-likeness (QED) is 0.256. The molecular weight excluding hydrogens is 585 g/mol. The van der Waals surface area contributed by atoms with E-state index in [0.717, 1.165) is 4.31 Å². The Kier molecular flexibility index (Phi) is 11.5. The maximum Gasteiger partial charge on any atom is 0.264 e. The van der Waals surface area contributed by atoms with Crippen molar-refractivity contribution in [1.29, 1.82) is 0 Å². The van der Waals surface area contributed by atoms with E-state index in [0.29, 0.717) is 27.8 Å². The molecule has 0 spiro atoms. The standard InChI is InChI=1S/C30H35Cl2N3O5S/c1-5-26(30(37)33-21(3)4)34(19-22-11-7-8-12-25(22)32)29(36)20-35(27-13-9-10-14-28(27)40-6-2)41(38,39)24-17-15-23(31)16-18-24/h7-18,21,26H,5-6,19-20H2,1-4H3,(H,33,37)/t26-/m0/s1. The highest BCUT2D eigenvalue weighted by Crippen LogP contribution is 2.33. The molecule has 8 nitrogen and oxygen atoms in total.